The van der Waals surface area contributed by atoms with Crippen molar-refractivity contribution >= 4 is 44.2 Å². The van der Waals surface area contributed by atoms with E-state index < -0.39 is 15.9 Å². The van der Waals surface area contributed by atoms with Crippen molar-refractivity contribution in [2.24, 2.45) is 11.8 Å². The van der Waals surface area contributed by atoms with Crippen LogP contribution in [0.25, 0.3) is 11.0 Å². The van der Waals surface area contributed by atoms with E-state index in [4.69, 9.17) is 16.0 Å². The number of halogens is 1. The molecule has 1 fully saturated rings. The molecule has 170 valence electrons. The third-order valence-corrected chi connectivity index (χ3v) is 8.34. The van der Waals surface area contributed by atoms with Crippen LogP contribution < -0.4 is 5.32 Å². The normalized spacial score (nSPS) is 19.9. The molecule has 32 heavy (non-hydrogen) atoms. The number of rotatable bonds is 4. The number of furan rings is 1. The van der Waals surface area contributed by atoms with Gasteiger partial charge in [-0.25, -0.2) is 8.42 Å². The number of aryl methyl sites for hydroxylation is 1. The number of benzene rings is 2. The van der Waals surface area contributed by atoms with E-state index in [0.29, 0.717) is 52.2 Å². The summed E-state index contributed by atoms with van der Waals surface area (Å²) in [6.45, 7) is 8.77. The maximum absolute atomic E-state index is 13.3. The van der Waals surface area contributed by atoms with Crippen LogP contribution in [0, 0.1) is 25.7 Å². The molecular weight excluding hydrogens is 448 g/mol. The Labute approximate surface area is 193 Å². The molecule has 1 aliphatic heterocycles. The molecule has 0 radical (unpaired) electrons. The fraction of sp³-hybridized carbons (Fsp3) is 0.375. The highest BCUT2D eigenvalue weighted by Crippen LogP contribution is 2.32. The number of hydrogen-bond donors (Lipinski definition) is 1. The van der Waals surface area contributed by atoms with Gasteiger partial charge in [0, 0.05) is 34.7 Å². The lowest BCUT2D eigenvalue weighted by Gasteiger charge is -2.34. The molecule has 0 saturated carbocycles. The van der Waals surface area contributed by atoms with Crippen LogP contribution in [-0.2, 0) is 10.0 Å². The number of carbonyl (C=O) groups is 1. The Morgan fingerprint density at radius 1 is 1.09 bits per heavy atom. The molecule has 1 saturated heterocycles. The molecule has 2 aromatic carbocycles. The van der Waals surface area contributed by atoms with E-state index >= 15 is 0 Å². The number of anilines is 1. The number of piperidine rings is 1. The van der Waals surface area contributed by atoms with E-state index in [1.807, 2.05) is 6.92 Å². The number of fused-ring (bicyclic) bond motifs is 1. The molecule has 4 rings (SSSR count). The summed E-state index contributed by atoms with van der Waals surface area (Å²) in [4.78, 5) is 13.1. The Kier molecular flexibility index (Phi) is 6.09. The van der Waals surface area contributed by atoms with Gasteiger partial charge in [0.05, 0.1) is 4.90 Å². The SMILES string of the molecule is Cc1c(Cl)cccc1NC(=O)c1oc2ccc(S(=O)(=O)N3C[C@H](C)C[C@@H](C)C3)cc2c1C. The largest absolute Gasteiger partial charge is 0.451 e. The van der Waals surface area contributed by atoms with E-state index in [1.165, 1.54) is 0 Å². The predicted octanol–water partition coefficient (Wildman–Crippen LogP) is 5.62. The lowest BCUT2D eigenvalue weighted by atomic mass is 9.94. The Hall–Kier alpha value is -2.35. The number of sulfonamides is 1. The molecule has 1 N–H and O–H groups in total. The molecule has 0 bridgehead atoms. The molecule has 0 unspecified atom stereocenters. The monoisotopic (exact) mass is 474 g/mol. The zero-order valence-corrected chi connectivity index (χ0v) is 20.2. The van der Waals surface area contributed by atoms with Crippen LogP contribution in [0.5, 0.6) is 0 Å². The van der Waals surface area contributed by atoms with E-state index in [0.717, 1.165) is 12.0 Å². The molecule has 6 nitrogen and oxygen atoms in total. The summed E-state index contributed by atoms with van der Waals surface area (Å²) in [5.74, 6) is 0.373. The topological polar surface area (TPSA) is 79.6 Å². The maximum atomic E-state index is 13.3. The van der Waals surface area contributed by atoms with E-state index in [-0.39, 0.29) is 10.7 Å². The Balaban J connectivity index is 1.66. The highest BCUT2D eigenvalue weighted by molar-refractivity contribution is 7.89. The van der Waals surface area contributed by atoms with Gasteiger partial charge in [0.25, 0.3) is 5.91 Å². The van der Waals surface area contributed by atoms with Crippen molar-refractivity contribution in [1.82, 2.24) is 4.31 Å². The van der Waals surface area contributed by atoms with Crippen LogP contribution in [0.15, 0.2) is 45.7 Å². The third-order valence-electron chi connectivity index (χ3n) is 6.10. The zero-order valence-electron chi connectivity index (χ0n) is 18.6. The molecule has 2 atom stereocenters. The second-order valence-electron chi connectivity index (χ2n) is 8.85. The smallest absolute Gasteiger partial charge is 0.291 e. The summed E-state index contributed by atoms with van der Waals surface area (Å²) in [6, 6.07) is 10.1. The summed E-state index contributed by atoms with van der Waals surface area (Å²) >= 11 is 6.15. The molecule has 1 aliphatic rings. The summed E-state index contributed by atoms with van der Waals surface area (Å²) in [5, 5.41) is 4.00. The standard InChI is InChI=1S/C24H27ClN2O4S/c1-14-10-15(2)13-27(12-14)32(29,30)18-8-9-22-19(11-18)16(3)23(31-22)24(28)26-21-7-5-6-20(25)17(21)4/h5-9,11,14-15H,10,12-13H2,1-4H3,(H,26,28)/t14-,15-/m1/s1. The fourth-order valence-electron chi connectivity index (χ4n) is 4.45. The number of amides is 1. The van der Waals surface area contributed by atoms with Crippen molar-refractivity contribution in [1.29, 1.82) is 0 Å². The average molecular weight is 475 g/mol. The first kappa shape index (κ1) is 22.8. The lowest BCUT2D eigenvalue weighted by Crippen LogP contribution is -2.42. The minimum absolute atomic E-state index is 0.147. The number of nitrogens with zero attached hydrogens (tertiary/aromatic N) is 1. The summed E-state index contributed by atoms with van der Waals surface area (Å²) < 4.78 is 33.9. The molecule has 8 heteroatoms. The minimum atomic E-state index is -3.63. The fourth-order valence-corrected chi connectivity index (χ4v) is 6.33. The molecule has 1 aromatic heterocycles. The van der Waals surface area contributed by atoms with Gasteiger partial charge in [-0.15, -0.1) is 0 Å². The van der Waals surface area contributed by atoms with E-state index in [2.05, 4.69) is 19.2 Å². The highest BCUT2D eigenvalue weighted by atomic mass is 35.5. The first-order valence-electron chi connectivity index (χ1n) is 10.7. The van der Waals surface area contributed by atoms with Crippen LogP contribution in [-0.4, -0.2) is 31.7 Å². The Morgan fingerprint density at radius 2 is 1.78 bits per heavy atom. The highest BCUT2D eigenvalue weighted by Gasteiger charge is 2.32. The number of nitrogens with one attached hydrogen (secondary N) is 1. The van der Waals surface area contributed by atoms with Crippen LogP contribution in [0.1, 0.15) is 41.9 Å². The van der Waals surface area contributed by atoms with Gasteiger partial charge < -0.3 is 9.73 Å². The Bertz CT molecular complexity index is 1290. The molecule has 3 aromatic rings. The quantitative estimate of drug-likeness (QED) is 0.532. The second-order valence-corrected chi connectivity index (χ2v) is 11.2. The number of hydrogen-bond acceptors (Lipinski definition) is 4. The lowest BCUT2D eigenvalue weighted by molar-refractivity contribution is 0.0998. The summed E-state index contributed by atoms with van der Waals surface area (Å²) in [7, 11) is -3.63. The first-order chi connectivity index (χ1) is 15.1. The van der Waals surface area contributed by atoms with Crippen LogP contribution in [0.2, 0.25) is 5.02 Å². The average Bonchev–Trinajstić information content (AvgIpc) is 3.07. The molecular formula is C24H27ClN2O4S. The van der Waals surface area contributed by atoms with Gasteiger partial charge >= 0.3 is 0 Å². The van der Waals surface area contributed by atoms with Crippen molar-refractivity contribution in [3.05, 3.63) is 58.3 Å². The van der Waals surface area contributed by atoms with E-state index in [1.54, 1.807) is 47.6 Å². The van der Waals surface area contributed by atoms with Gasteiger partial charge in [-0.05, 0) is 68.0 Å². The molecule has 0 spiro atoms. The first-order valence-corrected chi connectivity index (χ1v) is 12.5. The summed E-state index contributed by atoms with van der Waals surface area (Å²) in [6.07, 6.45) is 1.02. The Morgan fingerprint density at radius 3 is 2.47 bits per heavy atom. The minimum Gasteiger partial charge on any atom is -0.451 e. The van der Waals surface area contributed by atoms with Crippen molar-refractivity contribution in [2.75, 3.05) is 18.4 Å². The van der Waals surface area contributed by atoms with Crippen LogP contribution in [0.4, 0.5) is 5.69 Å². The van der Waals surface area contributed by atoms with Crippen molar-refractivity contribution in [3.63, 3.8) is 0 Å². The van der Waals surface area contributed by atoms with Crippen LogP contribution in [0.3, 0.4) is 0 Å². The van der Waals surface area contributed by atoms with Gasteiger partial charge in [0.15, 0.2) is 5.76 Å². The zero-order chi connectivity index (χ0) is 23.2. The third kappa shape index (κ3) is 4.17. The van der Waals surface area contributed by atoms with Crippen LogP contribution >= 0.6 is 11.6 Å². The van der Waals surface area contributed by atoms with Gasteiger partial charge in [-0.3, -0.25) is 4.79 Å². The maximum Gasteiger partial charge on any atom is 0.291 e. The summed E-state index contributed by atoms with van der Waals surface area (Å²) in [5.41, 5.74) is 2.41. The molecule has 2 heterocycles. The van der Waals surface area contributed by atoms with Gasteiger partial charge in [0.2, 0.25) is 10.0 Å². The van der Waals surface area contributed by atoms with Crippen molar-refractivity contribution in [2.45, 2.75) is 39.0 Å². The molecule has 1 amide bonds. The van der Waals surface area contributed by atoms with Gasteiger partial charge in [0.1, 0.15) is 5.58 Å². The van der Waals surface area contributed by atoms with Crippen molar-refractivity contribution in [3.8, 4) is 0 Å². The van der Waals surface area contributed by atoms with Gasteiger partial charge in [-0.1, -0.05) is 31.5 Å². The predicted molar refractivity (Wildman–Crippen MR) is 127 cm³/mol. The van der Waals surface area contributed by atoms with Gasteiger partial charge in [-0.2, -0.15) is 4.31 Å². The van der Waals surface area contributed by atoms with Crippen molar-refractivity contribution < 1.29 is 17.6 Å². The van der Waals surface area contributed by atoms with E-state index in [9.17, 15) is 13.2 Å². The number of carbonyl (C=O) groups excluding carboxylic acids is 1. The second kappa shape index (κ2) is 8.54. The molecule has 0 aliphatic carbocycles.